The van der Waals surface area contributed by atoms with Crippen molar-refractivity contribution in [1.82, 2.24) is 14.8 Å². The molecule has 1 atom stereocenters. The molecule has 0 unspecified atom stereocenters. The van der Waals surface area contributed by atoms with Crippen LogP contribution in [0.3, 0.4) is 0 Å². The minimum absolute atomic E-state index is 0.0131. The van der Waals surface area contributed by atoms with E-state index in [4.69, 9.17) is 14.2 Å². The number of hydrogen-bond acceptors (Lipinski definition) is 7. The SMILES string of the molecule is CC(C)(C)OC(=O)N1CCN(c2cncc(OC[C@@H]3CCCN3C(=O)OC(C)(C)C)c2)CC1. The summed E-state index contributed by atoms with van der Waals surface area (Å²) in [6.07, 6.45) is 4.75. The maximum Gasteiger partial charge on any atom is 0.410 e. The summed E-state index contributed by atoms with van der Waals surface area (Å²) >= 11 is 0. The van der Waals surface area contributed by atoms with Crippen LogP contribution < -0.4 is 9.64 Å². The van der Waals surface area contributed by atoms with Gasteiger partial charge in [-0.1, -0.05) is 0 Å². The van der Waals surface area contributed by atoms with Gasteiger partial charge in [-0.15, -0.1) is 0 Å². The van der Waals surface area contributed by atoms with Crippen LogP contribution in [0.2, 0.25) is 0 Å². The minimum atomic E-state index is -0.517. The van der Waals surface area contributed by atoms with Crippen LogP contribution in [-0.4, -0.2) is 83.5 Å². The highest BCUT2D eigenvalue weighted by atomic mass is 16.6. The summed E-state index contributed by atoms with van der Waals surface area (Å²) in [6.45, 7) is 14.9. The average molecular weight is 463 g/mol. The molecule has 0 radical (unpaired) electrons. The smallest absolute Gasteiger partial charge is 0.410 e. The van der Waals surface area contributed by atoms with E-state index in [2.05, 4.69) is 9.88 Å². The van der Waals surface area contributed by atoms with Gasteiger partial charge in [-0.2, -0.15) is 0 Å². The van der Waals surface area contributed by atoms with Crippen molar-refractivity contribution in [1.29, 1.82) is 0 Å². The maximum atomic E-state index is 12.5. The topological polar surface area (TPSA) is 84.4 Å². The summed E-state index contributed by atoms with van der Waals surface area (Å²) in [4.78, 5) is 34.8. The summed E-state index contributed by atoms with van der Waals surface area (Å²) in [6, 6.07) is 1.95. The standard InChI is InChI=1S/C24H38N4O5/c1-23(2,3)32-21(29)27-12-10-26(11-13-27)19-14-20(16-25-15-19)31-17-18-8-7-9-28(18)22(30)33-24(4,5)6/h14-16,18H,7-13,17H2,1-6H3/t18-/m0/s1. The lowest BCUT2D eigenvalue weighted by atomic mass is 10.2. The summed E-state index contributed by atoms with van der Waals surface area (Å²) in [5.74, 6) is 0.665. The van der Waals surface area contributed by atoms with Crippen LogP contribution >= 0.6 is 0 Å². The summed E-state index contributed by atoms with van der Waals surface area (Å²) < 4.78 is 17.0. The lowest BCUT2D eigenvalue weighted by Gasteiger charge is -2.36. The fraction of sp³-hybridized carbons (Fsp3) is 0.708. The molecule has 1 aromatic rings. The number of carbonyl (C=O) groups is 2. The van der Waals surface area contributed by atoms with Gasteiger partial charge >= 0.3 is 12.2 Å². The molecule has 9 heteroatoms. The van der Waals surface area contributed by atoms with Crippen LogP contribution in [-0.2, 0) is 9.47 Å². The Bertz CT molecular complexity index is 825. The molecular formula is C24H38N4O5. The lowest BCUT2D eigenvalue weighted by Crippen LogP contribution is -2.50. The predicted molar refractivity (Wildman–Crippen MR) is 126 cm³/mol. The molecule has 2 aliphatic heterocycles. The van der Waals surface area contributed by atoms with Crippen molar-refractivity contribution in [2.75, 3.05) is 44.2 Å². The molecule has 184 valence electrons. The molecule has 0 bridgehead atoms. The first-order valence-corrected chi connectivity index (χ1v) is 11.7. The highest BCUT2D eigenvalue weighted by Gasteiger charge is 2.33. The van der Waals surface area contributed by atoms with E-state index in [1.165, 1.54) is 0 Å². The average Bonchev–Trinajstić information content (AvgIpc) is 3.19. The van der Waals surface area contributed by atoms with E-state index in [0.717, 1.165) is 18.5 Å². The van der Waals surface area contributed by atoms with Crippen molar-refractivity contribution >= 4 is 17.9 Å². The van der Waals surface area contributed by atoms with Crippen molar-refractivity contribution in [3.63, 3.8) is 0 Å². The second kappa shape index (κ2) is 10.1. The molecule has 2 amide bonds. The number of carbonyl (C=O) groups excluding carboxylic acids is 2. The summed E-state index contributed by atoms with van der Waals surface area (Å²) in [7, 11) is 0. The molecule has 2 aliphatic rings. The van der Waals surface area contributed by atoms with Crippen molar-refractivity contribution < 1.29 is 23.8 Å². The van der Waals surface area contributed by atoms with Gasteiger partial charge in [-0.05, 0) is 54.4 Å². The lowest BCUT2D eigenvalue weighted by molar-refractivity contribution is 0.0186. The molecule has 3 rings (SSSR count). The zero-order valence-electron chi connectivity index (χ0n) is 20.8. The highest BCUT2D eigenvalue weighted by Crippen LogP contribution is 2.25. The van der Waals surface area contributed by atoms with E-state index in [1.807, 2.05) is 47.6 Å². The Labute approximate surface area is 197 Å². The van der Waals surface area contributed by atoms with Crippen LogP contribution in [0.1, 0.15) is 54.4 Å². The first-order valence-electron chi connectivity index (χ1n) is 11.7. The zero-order valence-corrected chi connectivity index (χ0v) is 20.8. The second-order valence-corrected chi connectivity index (χ2v) is 10.6. The minimum Gasteiger partial charge on any atom is -0.490 e. The van der Waals surface area contributed by atoms with Crippen molar-refractivity contribution in [3.05, 3.63) is 18.5 Å². The molecule has 0 aliphatic carbocycles. The van der Waals surface area contributed by atoms with Gasteiger partial charge in [-0.25, -0.2) is 9.59 Å². The number of ether oxygens (including phenoxy) is 3. The third kappa shape index (κ3) is 7.40. The van der Waals surface area contributed by atoms with Crippen LogP contribution in [0.15, 0.2) is 18.5 Å². The molecule has 9 nitrogen and oxygen atoms in total. The molecule has 3 heterocycles. The van der Waals surface area contributed by atoms with Crippen molar-refractivity contribution in [2.24, 2.45) is 0 Å². The number of likely N-dealkylation sites (tertiary alicyclic amines) is 1. The highest BCUT2D eigenvalue weighted by molar-refractivity contribution is 5.69. The Kier molecular flexibility index (Phi) is 7.59. The first-order chi connectivity index (χ1) is 15.4. The third-order valence-corrected chi connectivity index (χ3v) is 5.44. The number of anilines is 1. The largest absolute Gasteiger partial charge is 0.490 e. The van der Waals surface area contributed by atoms with E-state index in [-0.39, 0.29) is 18.2 Å². The molecule has 2 fully saturated rings. The van der Waals surface area contributed by atoms with Gasteiger partial charge in [0.25, 0.3) is 0 Å². The Balaban J connectivity index is 1.52. The molecule has 2 saturated heterocycles. The van der Waals surface area contributed by atoms with E-state index >= 15 is 0 Å². The number of rotatable bonds is 4. The zero-order chi connectivity index (χ0) is 24.2. The fourth-order valence-electron chi connectivity index (χ4n) is 3.90. The molecule has 0 spiro atoms. The Morgan fingerprint density at radius 3 is 2.21 bits per heavy atom. The Hall–Kier alpha value is -2.71. The predicted octanol–water partition coefficient (Wildman–Crippen LogP) is 3.92. The monoisotopic (exact) mass is 462 g/mol. The number of nitrogens with zero attached hydrogens (tertiary/aromatic N) is 4. The van der Waals surface area contributed by atoms with Crippen LogP contribution in [0.5, 0.6) is 5.75 Å². The van der Waals surface area contributed by atoms with Crippen LogP contribution in [0, 0.1) is 0 Å². The van der Waals surface area contributed by atoms with Gasteiger partial charge in [0, 0.05) is 38.8 Å². The molecule has 33 heavy (non-hydrogen) atoms. The summed E-state index contributed by atoms with van der Waals surface area (Å²) in [5, 5.41) is 0. The van der Waals surface area contributed by atoms with E-state index in [0.29, 0.717) is 45.1 Å². The maximum absolute atomic E-state index is 12.5. The number of aromatic nitrogens is 1. The van der Waals surface area contributed by atoms with E-state index in [1.54, 1.807) is 22.2 Å². The quantitative estimate of drug-likeness (QED) is 0.670. The van der Waals surface area contributed by atoms with Crippen LogP contribution in [0.25, 0.3) is 0 Å². The molecule has 1 aromatic heterocycles. The van der Waals surface area contributed by atoms with Crippen molar-refractivity contribution in [3.8, 4) is 5.75 Å². The molecule has 0 N–H and O–H groups in total. The van der Waals surface area contributed by atoms with Crippen LogP contribution in [0.4, 0.5) is 15.3 Å². The third-order valence-electron chi connectivity index (χ3n) is 5.44. The van der Waals surface area contributed by atoms with Crippen molar-refractivity contribution in [2.45, 2.75) is 71.6 Å². The number of pyridine rings is 1. The van der Waals surface area contributed by atoms with E-state index in [9.17, 15) is 9.59 Å². The van der Waals surface area contributed by atoms with Gasteiger partial charge in [0.15, 0.2) is 0 Å². The Morgan fingerprint density at radius 1 is 0.939 bits per heavy atom. The molecular weight excluding hydrogens is 424 g/mol. The van der Waals surface area contributed by atoms with Gasteiger partial charge in [-0.3, -0.25) is 4.98 Å². The van der Waals surface area contributed by atoms with Gasteiger partial charge in [0.1, 0.15) is 23.6 Å². The summed E-state index contributed by atoms with van der Waals surface area (Å²) in [5.41, 5.74) is -0.0642. The normalized spacial score (nSPS) is 19.5. The Morgan fingerprint density at radius 2 is 1.58 bits per heavy atom. The van der Waals surface area contributed by atoms with E-state index < -0.39 is 11.2 Å². The van der Waals surface area contributed by atoms with Gasteiger partial charge in [0.05, 0.1) is 24.1 Å². The number of piperazine rings is 1. The second-order valence-electron chi connectivity index (χ2n) is 10.6. The van der Waals surface area contributed by atoms with Gasteiger partial charge in [0.2, 0.25) is 0 Å². The number of hydrogen-bond donors (Lipinski definition) is 0. The van der Waals surface area contributed by atoms with Gasteiger partial charge < -0.3 is 28.9 Å². The number of amides is 2. The first kappa shape index (κ1) is 24.9. The molecule has 0 saturated carbocycles. The fourth-order valence-corrected chi connectivity index (χ4v) is 3.90. The molecule has 0 aromatic carbocycles.